The first-order valence-corrected chi connectivity index (χ1v) is 8.53. The van der Waals surface area contributed by atoms with E-state index in [1.165, 1.54) is 0 Å². The van der Waals surface area contributed by atoms with Gasteiger partial charge in [0.1, 0.15) is 11.9 Å². The van der Waals surface area contributed by atoms with Crippen molar-refractivity contribution in [1.82, 2.24) is 24.6 Å². The lowest BCUT2D eigenvalue weighted by Crippen LogP contribution is -2.42. The van der Waals surface area contributed by atoms with Crippen LogP contribution in [0.5, 0.6) is 0 Å². The minimum absolute atomic E-state index is 0.0577. The highest BCUT2D eigenvalue weighted by atomic mass is 16.5. The van der Waals surface area contributed by atoms with E-state index in [2.05, 4.69) is 26.7 Å². The predicted octanol–water partition coefficient (Wildman–Crippen LogP) is 2.02. The maximum atomic E-state index is 12.9. The van der Waals surface area contributed by atoms with Crippen LogP contribution in [0.3, 0.4) is 0 Å². The highest BCUT2D eigenvalue weighted by Crippen LogP contribution is 2.23. The Hall–Kier alpha value is -2.15. The second-order valence-electron chi connectivity index (χ2n) is 6.13. The zero-order chi connectivity index (χ0) is 17.3. The molecule has 0 radical (unpaired) electrons. The molecule has 1 fully saturated rings. The molecule has 2 aromatic rings. The van der Waals surface area contributed by atoms with Crippen LogP contribution in [0.4, 0.5) is 0 Å². The molecule has 1 unspecified atom stereocenters. The smallest absolute Gasteiger partial charge is 0.255 e. The van der Waals surface area contributed by atoms with Gasteiger partial charge in [-0.15, -0.1) is 0 Å². The number of aryl methyl sites for hydroxylation is 2. The maximum Gasteiger partial charge on any atom is 0.255 e. The molecular formula is C17H25N5O2. The quantitative estimate of drug-likeness (QED) is 0.930. The van der Waals surface area contributed by atoms with Gasteiger partial charge in [0.15, 0.2) is 5.82 Å². The number of aromatic amines is 1. The zero-order valence-corrected chi connectivity index (χ0v) is 14.8. The molecule has 1 aliphatic rings. The minimum atomic E-state index is -0.270. The SMILES string of the molecule is CCc1nc(C2CN(C(=O)c3cc(C)n(CC)c3C)CCO2)n[nH]1. The lowest BCUT2D eigenvalue weighted by atomic mass is 10.2. The van der Waals surface area contributed by atoms with Crippen LogP contribution in [-0.2, 0) is 17.7 Å². The number of nitrogens with one attached hydrogen (secondary N) is 1. The highest BCUT2D eigenvalue weighted by Gasteiger charge is 2.30. The third-order valence-electron chi connectivity index (χ3n) is 4.65. The third-order valence-corrected chi connectivity index (χ3v) is 4.65. The lowest BCUT2D eigenvalue weighted by Gasteiger charge is -2.31. The fraction of sp³-hybridized carbons (Fsp3) is 0.588. The fourth-order valence-electron chi connectivity index (χ4n) is 3.28. The molecule has 1 amide bonds. The van der Waals surface area contributed by atoms with Gasteiger partial charge in [0.25, 0.3) is 5.91 Å². The predicted molar refractivity (Wildman–Crippen MR) is 89.9 cm³/mol. The van der Waals surface area contributed by atoms with Crippen molar-refractivity contribution in [3.05, 3.63) is 34.7 Å². The van der Waals surface area contributed by atoms with Gasteiger partial charge in [-0.25, -0.2) is 4.98 Å². The highest BCUT2D eigenvalue weighted by molar-refractivity contribution is 5.95. The molecule has 2 aromatic heterocycles. The summed E-state index contributed by atoms with van der Waals surface area (Å²) >= 11 is 0. The first-order chi connectivity index (χ1) is 11.5. The molecule has 1 saturated heterocycles. The molecule has 0 aliphatic carbocycles. The summed E-state index contributed by atoms with van der Waals surface area (Å²) in [4.78, 5) is 19.2. The maximum absolute atomic E-state index is 12.9. The van der Waals surface area contributed by atoms with E-state index < -0.39 is 0 Å². The number of hydrogen-bond donors (Lipinski definition) is 1. The third kappa shape index (κ3) is 2.96. The number of carbonyl (C=O) groups excluding carboxylic acids is 1. The van der Waals surface area contributed by atoms with Gasteiger partial charge in [0.2, 0.25) is 0 Å². The van der Waals surface area contributed by atoms with E-state index in [-0.39, 0.29) is 12.0 Å². The molecule has 130 valence electrons. The molecule has 7 nitrogen and oxygen atoms in total. The monoisotopic (exact) mass is 331 g/mol. The number of aromatic nitrogens is 4. The number of morpholine rings is 1. The summed E-state index contributed by atoms with van der Waals surface area (Å²) in [6.45, 7) is 10.6. The summed E-state index contributed by atoms with van der Waals surface area (Å²) < 4.78 is 7.94. The van der Waals surface area contributed by atoms with Crippen molar-refractivity contribution in [3.63, 3.8) is 0 Å². The number of carbonyl (C=O) groups is 1. The Kier molecular flexibility index (Phi) is 4.71. The van der Waals surface area contributed by atoms with Crippen molar-refractivity contribution in [2.24, 2.45) is 0 Å². The Bertz CT molecular complexity index is 733. The number of ether oxygens (including phenoxy) is 1. The summed E-state index contributed by atoms with van der Waals surface area (Å²) in [6.07, 6.45) is 0.527. The van der Waals surface area contributed by atoms with Gasteiger partial charge in [0.05, 0.1) is 18.7 Å². The molecule has 1 atom stereocenters. The fourth-order valence-corrected chi connectivity index (χ4v) is 3.28. The van der Waals surface area contributed by atoms with Crippen LogP contribution in [-0.4, -0.2) is 50.3 Å². The number of H-pyrrole nitrogens is 1. The molecule has 24 heavy (non-hydrogen) atoms. The average Bonchev–Trinajstić information content (AvgIpc) is 3.19. The second kappa shape index (κ2) is 6.76. The average molecular weight is 331 g/mol. The van der Waals surface area contributed by atoms with Crippen molar-refractivity contribution in [3.8, 4) is 0 Å². The van der Waals surface area contributed by atoms with E-state index in [9.17, 15) is 4.79 Å². The molecule has 3 heterocycles. The Morgan fingerprint density at radius 2 is 2.21 bits per heavy atom. The Balaban J connectivity index is 1.78. The van der Waals surface area contributed by atoms with Gasteiger partial charge in [0, 0.05) is 30.9 Å². The van der Waals surface area contributed by atoms with Crippen LogP contribution in [0, 0.1) is 13.8 Å². The van der Waals surface area contributed by atoms with Crippen molar-refractivity contribution in [1.29, 1.82) is 0 Å². The summed E-state index contributed by atoms with van der Waals surface area (Å²) in [5, 5.41) is 7.13. The van der Waals surface area contributed by atoms with Crippen molar-refractivity contribution < 1.29 is 9.53 Å². The summed E-state index contributed by atoms with van der Waals surface area (Å²) in [5.74, 6) is 1.52. The van der Waals surface area contributed by atoms with Crippen LogP contribution < -0.4 is 0 Å². The molecule has 3 rings (SSSR count). The van der Waals surface area contributed by atoms with E-state index in [0.717, 1.165) is 35.7 Å². The molecule has 1 N–H and O–H groups in total. The number of nitrogens with zero attached hydrogens (tertiary/aromatic N) is 4. The Morgan fingerprint density at radius 3 is 2.83 bits per heavy atom. The van der Waals surface area contributed by atoms with Crippen LogP contribution in [0.1, 0.15) is 53.3 Å². The van der Waals surface area contributed by atoms with Crippen molar-refractivity contribution >= 4 is 5.91 Å². The van der Waals surface area contributed by atoms with Gasteiger partial charge in [-0.3, -0.25) is 9.89 Å². The van der Waals surface area contributed by atoms with E-state index in [1.807, 2.05) is 31.7 Å². The molecular weight excluding hydrogens is 306 g/mol. The van der Waals surface area contributed by atoms with Gasteiger partial charge < -0.3 is 14.2 Å². The van der Waals surface area contributed by atoms with Crippen LogP contribution in [0.2, 0.25) is 0 Å². The van der Waals surface area contributed by atoms with Crippen molar-refractivity contribution in [2.75, 3.05) is 19.7 Å². The largest absolute Gasteiger partial charge is 0.366 e. The standard InChI is InChI=1S/C17H25N5O2/c1-5-15-18-16(20-19-15)14-10-21(7-8-24-14)17(23)13-9-11(3)22(6-2)12(13)4/h9,14H,5-8,10H2,1-4H3,(H,18,19,20). The first kappa shape index (κ1) is 16.7. The van der Waals surface area contributed by atoms with E-state index in [4.69, 9.17) is 4.74 Å². The van der Waals surface area contributed by atoms with E-state index >= 15 is 0 Å². The van der Waals surface area contributed by atoms with Crippen LogP contribution >= 0.6 is 0 Å². The van der Waals surface area contributed by atoms with Crippen LogP contribution in [0.15, 0.2) is 6.07 Å². The normalized spacial score (nSPS) is 18.2. The molecule has 0 saturated carbocycles. The molecule has 0 spiro atoms. The zero-order valence-electron chi connectivity index (χ0n) is 14.8. The second-order valence-corrected chi connectivity index (χ2v) is 6.13. The van der Waals surface area contributed by atoms with Gasteiger partial charge in [-0.05, 0) is 26.8 Å². The topological polar surface area (TPSA) is 76.0 Å². The van der Waals surface area contributed by atoms with Crippen LogP contribution in [0.25, 0.3) is 0 Å². The summed E-state index contributed by atoms with van der Waals surface area (Å²) in [7, 11) is 0. The van der Waals surface area contributed by atoms with Gasteiger partial charge in [-0.1, -0.05) is 6.92 Å². The first-order valence-electron chi connectivity index (χ1n) is 8.53. The molecule has 0 bridgehead atoms. The Labute approximate surface area is 142 Å². The number of amides is 1. The van der Waals surface area contributed by atoms with Gasteiger partial charge in [-0.2, -0.15) is 5.10 Å². The van der Waals surface area contributed by atoms with E-state index in [1.54, 1.807) is 0 Å². The molecule has 1 aliphatic heterocycles. The van der Waals surface area contributed by atoms with Gasteiger partial charge >= 0.3 is 0 Å². The Morgan fingerprint density at radius 1 is 1.42 bits per heavy atom. The van der Waals surface area contributed by atoms with Crippen molar-refractivity contribution in [2.45, 2.75) is 46.8 Å². The minimum Gasteiger partial charge on any atom is -0.366 e. The number of hydrogen-bond acceptors (Lipinski definition) is 4. The number of rotatable bonds is 4. The summed E-state index contributed by atoms with van der Waals surface area (Å²) in [5.41, 5.74) is 2.91. The lowest BCUT2D eigenvalue weighted by molar-refractivity contribution is -0.0267. The molecule has 0 aromatic carbocycles. The molecule has 7 heteroatoms. The summed E-state index contributed by atoms with van der Waals surface area (Å²) in [6, 6.07) is 1.98. The van der Waals surface area contributed by atoms with E-state index in [0.29, 0.717) is 25.5 Å².